The molecule has 90 valence electrons. The number of fused-ring (bicyclic) bond motifs is 2. The van der Waals surface area contributed by atoms with Gasteiger partial charge in [-0.2, -0.15) is 0 Å². The Kier molecular flexibility index (Phi) is 3.89. The Labute approximate surface area is 99.8 Å². The molecule has 2 fully saturated rings. The van der Waals surface area contributed by atoms with E-state index in [-0.39, 0.29) is 0 Å². The molecule has 2 rings (SSSR count). The molecule has 0 aromatic rings. The van der Waals surface area contributed by atoms with Crippen molar-refractivity contribution in [3.05, 3.63) is 0 Å². The molecule has 16 heavy (non-hydrogen) atoms. The maximum Gasteiger partial charge on any atom is 0.0716 e. The van der Waals surface area contributed by atoms with Crippen molar-refractivity contribution in [2.75, 3.05) is 7.05 Å². The molecule has 1 N–H and O–H groups in total. The van der Waals surface area contributed by atoms with Gasteiger partial charge in [-0.1, -0.05) is 19.3 Å². The zero-order valence-corrected chi connectivity index (χ0v) is 10.6. The summed E-state index contributed by atoms with van der Waals surface area (Å²) >= 11 is 0. The van der Waals surface area contributed by atoms with E-state index >= 15 is 0 Å². The lowest BCUT2D eigenvalue weighted by atomic mass is 9.94. The summed E-state index contributed by atoms with van der Waals surface area (Å²) in [5.74, 6) is 3.01. The second-order valence-electron chi connectivity index (χ2n) is 5.26. The summed E-state index contributed by atoms with van der Waals surface area (Å²) in [7, 11) is 2.09. The van der Waals surface area contributed by atoms with Crippen molar-refractivity contribution in [1.29, 1.82) is 0 Å². The summed E-state index contributed by atoms with van der Waals surface area (Å²) in [6, 6.07) is 2.58. The van der Waals surface area contributed by atoms with Crippen LogP contribution in [-0.4, -0.2) is 36.1 Å². The Morgan fingerprint density at radius 1 is 1.38 bits per heavy atom. The fraction of sp³-hybridized carbons (Fsp3) is 0.857. The average Bonchev–Trinajstić information content (AvgIpc) is 2.57. The highest BCUT2D eigenvalue weighted by molar-refractivity contribution is 5.08. The molecule has 2 bridgehead atoms. The lowest BCUT2D eigenvalue weighted by Gasteiger charge is -2.42. The highest BCUT2D eigenvalue weighted by atomic mass is 15.3. The first-order chi connectivity index (χ1) is 7.80. The second-order valence-corrected chi connectivity index (χ2v) is 5.26. The minimum absolute atomic E-state index is 0.389. The Morgan fingerprint density at radius 3 is 2.44 bits per heavy atom. The number of hydrogen-bond acceptors (Lipinski definition) is 2. The number of nitrogens with one attached hydrogen (secondary N) is 1. The number of rotatable bonds is 4. The molecule has 0 saturated carbocycles. The van der Waals surface area contributed by atoms with Crippen LogP contribution in [0.5, 0.6) is 0 Å². The van der Waals surface area contributed by atoms with E-state index in [4.69, 9.17) is 6.42 Å². The molecule has 2 saturated heterocycles. The maximum absolute atomic E-state index is 5.70. The highest BCUT2D eigenvalue weighted by Crippen LogP contribution is 2.37. The predicted molar refractivity (Wildman–Crippen MR) is 68.3 cm³/mol. The SMILES string of the molecule is C#CC(CCC)N1C2CCC1CC(NC)C2. The van der Waals surface area contributed by atoms with E-state index in [1.807, 2.05) is 0 Å². The van der Waals surface area contributed by atoms with Crippen molar-refractivity contribution < 1.29 is 0 Å². The molecule has 2 heterocycles. The van der Waals surface area contributed by atoms with Crippen LogP contribution in [0.2, 0.25) is 0 Å². The van der Waals surface area contributed by atoms with Gasteiger partial charge in [-0.25, -0.2) is 0 Å². The topological polar surface area (TPSA) is 15.3 Å². The van der Waals surface area contributed by atoms with Crippen LogP contribution in [0.15, 0.2) is 0 Å². The quantitative estimate of drug-likeness (QED) is 0.729. The van der Waals surface area contributed by atoms with E-state index in [2.05, 4.69) is 30.1 Å². The molecule has 3 atom stereocenters. The lowest BCUT2D eigenvalue weighted by molar-refractivity contribution is 0.0908. The highest BCUT2D eigenvalue weighted by Gasteiger charge is 2.42. The van der Waals surface area contributed by atoms with Crippen LogP contribution in [-0.2, 0) is 0 Å². The van der Waals surface area contributed by atoms with Gasteiger partial charge in [0.1, 0.15) is 0 Å². The van der Waals surface area contributed by atoms with Crippen LogP contribution in [0, 0.1) is 12.3 Å². The van der Waals surface area contributed by atoms with Crippen LogP contribution in [0.4, 0.5) is 0 Å². The molecule has 0 amide bonds. The van der Waals surface area contributed by atoms with Gasteiger partial charge in [0.05, 0.1) is 6.04 Å². The van der Waals surface area contributed by atoms with Crippen molar-refractivity contribution in [3.8, 4) is 12.3 Å². The maximum atomic E-state index is 5.70. The molecular formula is C14H24N2. The fourth-order valence-electron chi connectivity index (χ4n) is 3.55. The third kappa shape index (κ3) is 2.12. The van der Waals surface area contributed by atoms with Crippen molar-refractivity contribution in [2.45, 2.75) is 69.6 Å². The number of terminal acetylenes is 1. The average molecular weight is 220 g/mol. The van der Waals surface area contributed by atoms with Crippen LogP contribution in [0.3, 0.4) is 0 Å². The zero-order chi connectivity index (χ0) is 11.5. The third-order valence-corrected chi connectivity index (χ3v) is 4.31. The van der Waals surface area contributed by atoms with E-state index in [9.17, 15) is 0 Å². The molecule has 2 heteroatoms. The van der Waals surface area contributed by atoms with E-state index in [1.54, 1.807) is 0 Å². The van der Waals surface area contributed by atoms with Gasteiger partial charge in [0.25, 0.3) is 0 Å². The molecular weight excluding hydrogens is 196 g/mol. The molecule has 0 spiro atoms. The summed E-state index contributed by atoms with van der Waals surface area (Å²) in [5, 5.41) is 3.44. The monoisotopic (exact) mass is 220 g/mol. The van der Waals surface area contributed by atoms with E-state index < -0.39 is 0 Å². The lowest BCUT2D eigenvalue weighted by Crippen LogP contribution is -2.52. The zero-order valence-electron chi connectivity index (χ0n) is 10.6. The van der Waals surface area contributed by atoms with E-state index in [0.717, 1.165) is 18.5 Å². The van der Waals surface area contributed by atoms with Gasteiger partial charge in [0.2, 0.25) is 0 Å². The summed E-state index contributed by atoms with van der Waals surface area (Å²) in [6.45, 7) is 2.23. The van der Waals surface area contributed by atoms with Gasteiger partial charge in [0.15, 0.2) is 0 Å². The summed E-state index contributed by atoms with van der Waals surface area (Å²) in [4.78, 5) is 2.65. The van der Waals surface area contributed by atoms with E-state index in [1.165, 1.54) is 32.1 Å². The standard InChI is InChI=1S/C14H24N2/c1-4-6-12(5-2)16-13-7-8-14(16)10-11(9-13)15-3/h2,11-15H,4,6-10H2,1,3H3. The van der Waals surface area contributed by atoms with Crippen molar-refractivity contribution >= 4 is 0 Å². The van der Waals surface area contributed by atoms with Gasteiger partial charge in [0, 0.05) is 18.1 Å². The Hall–Kier alpha value is -0.520. The Morgan fingerprint density at radius 2 is 2.00 bits per heavy atom. The Balaban J connectivity index is 2.05. The van der Waals surface area contributed by atoms with Gasteiger partial charge in [-0.3, -0.25) is 4.90 Å². The summed E-state index contributed by atoms with van der Waals surface area (Å²) < 4.78 is 0. The molecule has 2 aliphatic rings. The molecule has 0 aromatic carbocycles. The number of piperidine rings is 1. The number of nitrogens with zero attached hydrogens (tertiary/aromatic N) is 1. The van der Waals surface area contributed by atoms with Gasteiger partial charge in [-0.05, 0) is 39.2 Å². The van der Waals surface area contributed by atoms with Crippen molar-refractivity contribution in [3.63, 3.8) is 0 Å². The molecule has 3 unspecified atom stereocenters. The van der Waals surface area contributed by atoms with E-state index in [0.29, 0.717) is 12.1 Å². The van der Waals surface area contributed by atoms with Crippen molar-refractivity contribution in [2.24, 2.45) is 0 Å². The normalized spacial score (nSPS) is 35.9. The smallest absolute Gasteiger partial charge is 0.0716 e. The first-order valence-electron chi connectivity index (χ1n) is 6.71. The van der Waals surface area contributed by atoms with Crippen LogP contribution < -0.4 is 5.32 Å². The number of hydrogen-bond donors (Lipinski definition) is 1. The predicted octanol–water partition coefficient (Wildman–Crippen LogP) is 2.00. The molecule has 0 radical (unpaired) electrons. The minimum Gasteiger partial charge on any atom is -0.317 e. The summed E-state index contributed by atoms with van der Waals surface area (Å²) in [5.41, 5.74) is 0. The minimum atomic E-state index is 0.389. The van der Waals surface area contributed by atoms with Crippen molar-refractivity contribution in [1.82, 2.24) is 10.2 Å². The molecule has 2 aliphatic heterocycles. The second kappa shape index (κ2) is 5.21. The van der Waals surface area contributed by atoms with Crippen LogP contribution >= 0.6 is 0 Å². The first-order valence-corrected chi connectivity index (χ1v) is 6.71. The van der Waals surface area contributed by atoms with Gasteiger partial charge >= 0.3 is 0 Å². The van der Waals surface area contributed by atoms with Gasteiger partial charge in [-0.15, -0.1) is 6.42 Å². The first kappa shape index (κ1) is 12.0. The van der Waals surface area contributed by atoms with Gasteiger partial charge < -0.3 is 5.32 Å². The fourth-order valence-corrected chi connectivity index (χ4v) is 3.55. The van der Waals surface area contributed by atoms with Crippen LogP contribution in [0.1, 0.15) is 45.4 Å². The third-order valence-electron chi connectivity index (χ3n) is 4.31. The summed E-state index contributed by atoms with van der Waals surface area (Å²) in [6.07, 6.45) is 13.3. The van der Waals surface area contributed by atoms with Crippen LogP contribution in [0.25, 0.3) is 0 Å². The Bertz CT molecular complexity index is 254. The molecule has 2 nitrogen and oxygen atoms in total. The largest absolute Gasteiger partial charge is 0.317 e. The molecule has 0 aromatic heterocycles. The molecule has 0 aliphatic carbocycles.